The molecule has 1 rings (SSSR count). The molecule has 0 unspecified atom stereocenters. The van der Waals surface area contributed by atoms with E-state index in [2.05, 4.69) is 10.1 Å². The maximum absolute atomic E-state index is 10.4. The summed E-state index contributed by atoms with van der Waals surface area (Å²) in [6.07, 6.45) is 0. The first-order valence-electron chi connectivity index (χ1n) is 4.89. The Labute approximate surface area is 97.6 Å². The SMILES string of the molecule is CC(C)c1nc(CSC[C@@H](N)C(=O)O)no1. The highest BCUT2D eigenvalue weighted by Gasteiger charge is 2.13. The standard InChI is InChI=1S/C9H15N3O3S/c1-5(2)8-11-7(12-15-8)4-16-3-6(10)9(13)14/h5-6H,3-4,10H2,1-2H3,(H,13,14)/t6-/m1/s1. The Balaban J connectivity index is 2.34. The first-order valence-corrected chi connectivity index (χ1v) is 6.04. The molecule has 0 aliphatic rings. The minimum atomic E-state index is -0.997. The molecule has 1 atom stereocenters. The molecule has 90 valence electrons. The van der Waals surface area contributed by atoms with Crippen LogP contribution in [-0.4, -0.2) is 33.0 Å². The molecule has 0 saturated carbocycles. The molecule has 0 aromatic carbocycles. The third-order valence-electron chi connectivity index (χ3n) is 1.82. The molecule has 1 heterocycles. The number of nitrogens with two attached hydrogens (primary N) is 1. The summed E-state index contributed by atoms with van der Waals surface area (Å²) in [5.41, 5.74) is 5.35. The summed E-state index contributed by atoms with van der Waals surface area (Å²) >= 11 is 1.38. The minimum absolute atomic E-state index is 0.201. The average molecular weight is 245 g/mol. The monoisotopic (exact) mass is 245 g/mol. The second kappa shape index (κ2) is 5.86. The molecule has 1 aromatic rings. The van der Waals surface area contributed by atoms with E-state index < -0.39 is 12.0 Å². The molecule has 3 N–H and O–H groups in total. The van der Waals surface area contributed by atoms with Gasteiger partial charge in [0.25, 0.3) is 0 Å². The topological polar surface area (TPSA) is 102 Å². The number of nitrogens with zero attached hydrogens (tertiary/aromatic N) is 2. The van der Waals surface area contributed by atoms with Gasteiger partial charge in [-0.15, -0.1) is 0 Å². The summed E-state index contributed by atoms with van der Waals surface area (Å²) in [4.78, 5) is 14.6. The summed E-state index contributed by atoms with van der Waals surface area (Å²) in [6, 6.07) is -0.846. The van der Waals surface area contributed by atoms with Crippen molar-refractivity contribution in [1.82, 2.24) is 10.1 Å². The van der Waals surface area contributed by atoms with Gasteiger partial charge >= 0.3 is 5.97 Å². The summed E-state index contributed by atoms with van der Waals surface area (Å²) < 4.78 is 5.01. The van der Waals surface area contributed by atoms with E-state index in [1.807, 2.05) is 13.8 Å². The zero-order chi connectivity index (χ0) is 12.1. The van der Waals surface area contributed by atoms with Gasteiger partial charge in [-0.3, -0.25) is 4.79 Å². The van der Waals surface area contributed by atoms with E-state index >= 15 is 0 Å². The Morgan fingerprint density at radius 3 is 2.81 bits per heavy atom. The number of rotatable bonds is 6. The molecule has 6 nitrogen and oxygen atoms in total. The van der Waals surface area contributed by atoms with Gasteiger partial charge in [0.2, 0.25) is 5.89 Å². The van der Waals surface area contributed by atoms with Crippen LogP contribution in [0.1, 0.15) is 31.5 Å². The molecule has 0 amide bonds. The molecular formula is C9H15N3O3S. The fourth-order valence-electron chi connectivity index (χ4n) is 0.909. The van der Waals surface area contributed by atoms with Crippen LogP contribution in [-0.2, 0) is 10.5 Å². The fourth-order valence-corrected chi connectivity index (χ4v) is 1.72. The molecule has 0 bridgehead atoms. The van der Waals surface area contributed by atoms with Crippen LogP contribution < -0.4 is 5.73 Å². The summed E-state index contributed by atoms with van der Waals surface area (Å²) in [5.74, 6) is 1.22. The second-order valence-corrected chi connectivity index (χ2v) is 4.69. The second-order valence-electron chi connectivity index (χ2n) is 3.66. The minimum Gasteiger partial charge on any atom is -0.480 e. The molecule has 1 aromatic heterocycles. The molecule has 7 heteroatoms. The van der Waals surface area contributed by atoms with Gasteiger partial charge in [0.15, 0.2) is 5.82 Å². The molecule has 0 saturated heterocycles. The number of hydrogen-bond acceptors (Lipinski definition) is 6. The maximum Gasteiger partial charge on any atom is 0.321 e. The number of aliphatic carboxylic acids is 1. The fraction of sp³-hybridized carbons (Fsp3) is 0.667. The van der Waals surface area contributed by atoms with Crippen LogP contribution in [0.4, 0.5) is 0 Å². The van der Waals surface area contributed by atoms with Gasteiger partial charge in [-0.25, -0.2) is 0 Å². The number of carboxylic acids is 1. The zero-order valence-electron chi connectivity index (χ0n) is 9.21. The predicted molar refractivity (Wildman–Crippen MR) is 60.2 cm³/mol. The third-order valence-corrected chi connectivity index (χ3v) is 2.88. The number of carbonyl (C=O) groups is 1. The van der Waals surface area contributed by atoms with Crippen molar-refractivity contribution in [3.8, 4) is 0 Å². The van der Waals surface area contributed by atoms with Crippen LogP contribution in [0.2, 0.25) is 0 Å². The van der Waals surface area contributed by atoms with Crippen molar-refractivity contribution in [2.75, 3.05) is 5.75 Å². The van der Waals surface area contributed by atoms with E-state index in [1.165, 1.54) is 11.8 Å². The van der Waals surface area contributed by atoms with E-state index in [1.54, 1.807) is 0 Å². The van der Waals surface area contributed by atoms with Gasteiger partial charge in [0, 0.05) is 11.7 Å². The lowest BCUT2D eigenvalue weighted by Crippen LogP contribution is -2.32. The van der Waals surface area contributed by atoms with Crippen molar-refractivity contribution < 1.29 is 14.4 Å². The highest BCUT2D eigenvalue weighted by Crippen LogP contribution is 2.14. The lowest BCUT2D eigenvalue weighted by atomic mass is 10.2. The van der Waals surface area contributed by atoms with E-state index in [-0.39, 0.29) is 5.92 Å². The lowest BCUT2D eigenvalue weighted by Gasteiger charge is -2.03. The molecule has 0 spiro atoms. The van der Waals surface area contributed by atoms with Crippen LogP contribution in [0.15, 0.2) is 4.52 Å². The number of hydrogen-bond donors (Lipinski definition) is 2. The Hall–Kier alpha value is -1.08. The zero-order valence-corrected chi connectivity index (χ0v) is 10.0. The van der Waals surface area contributed by atoms with Crippen molar-refractivity contribution in [3.63, 3.8) is 0 Å². The molecule has 0 aliphatic heterocycles. The van der Waals surface area contributed by atoms with E-state index in [0.717, 1.165) is 0 Å². The lowest BCUT2D eigenvalue weighted by molar-refractivity contribution is -0.137. The van der Waals surface area contributed by atoms with Crippen molar-refractivity contribution in [2.24, 2.45) is 5.73 Å². The Bertz CT molecular complexity index is 354. The van der Waals surface area contributed by atoms with Crippen LogP contribution in [0.25, 0.3) is 0 Å². The van der Waals surface area contributed by atoms with E-state index in [0.29, 0.717) is 23.2 Å². The van der Waals surface area contributed by atoms with Gasteiger partial charge < -0.3 is 15.4 Å². The van der Waals surface area contributed by atoms with E-state index in [4.69, 9.17) is 15.4 Å². The molecule has 0 radical (unpaired) electrons. The van der Waals surface area contributed by atoms with Gasteiger partial charge in [-0.2, -0.15) is 16.7 Å². The van der Waals surface area contributed by atoms with Crippen molar-refractivity contribution >= 4 is 17.7 Å². The summed E-state index contributed by atoms with van der Waals surface area (Å²) in [5, 5.41) is 12.4. The average Bonchev–Trinajstić information content (AvgIpc) is 2.66. The Kier molecular flexibility index (Phi) is 4.75. The first kappa shape index (κ1) is 13.0. The van der Waals surface area contributed by atoms with Crippen LogP contribution in [0, 0.1) is 0 Å². The molecular weight excluding hydrogens is 230 g/mol. The van der Waals surface area contributed by atoms with Crippen LogP contribution >= 0.6 is 11.8 Å². The van der Waals surface area contributed by atoms with Gasteiger partial charge in [0.05, 0.1) is 5.75 Å². The molecule has 0 fully saturated rings. The summed E-state index contributed by atoms with van der Waals surface area (Å²) in [7, 11) is 0. The highest BCUT2D eigenvalue weighted by molar-refractivity contribution is 7.98. The number of carboxylic acid groups (broad SMARTS) is 1. The smallest absolute Gasteiger partial charge is 0.321 e. The number of thioether (sulfide) groups is 1. The van der Waals surface area contributed by atoms with Gasteiger partial charge in [0.1, 0.15) is 6.04 Å². The van der Waals surface area contributed by atoms with Crippen molar-refractivity contribution in [3.05, 3.63) is 11.7 Å². The van der Waals surface area contributed by atoms with Gasteiger partial charge in [-0.05, 0) is 0 Å². The van der Waals surface area contributed by atoms with Crippen molar-refractivity contribution in [1.29, 1.82) is 0 Å². The third kappa shape index (κ3) is 3.82. The van der Waals surface area contributed by atoms with E-state index in [9.17, 15) is 4.79 Å². The summed E-state index contributed by atoms with van der Waals surface area (Å²) in [6.45, 7) is 3.93. The van der Waals surface area contributed by atoms with Crippen LogP contribution in [0.5, 0.6) is 0 Å². The maximum atomic E-state index is 10.4. The molecule has 0 aliphatic carbocycles. The Morgan fingerprint density at radius 1 is 1.62 bits per heavy atom. The van der Waals surface area contributed by atoms with Gasteiger partial charge in [-0.1, -0.05) is 19.0 Å². The van der Waals surface area contributed by atoms with Crippen molar-refractivity contribution in [2.45, 2.75) is 31.6 Å². The predicted octanol–water partition coefficient (Wildman–Crippen LogP) is 0.838. The first-order chi connectivity index (χ1) is 7.50. The molecule has 16 heavy (non-hydrogen) atoms. The van der Waals surface area contributed by atoms with Crippen LogP contribution in [0.3, 0.4) is 0 Å². The largest absolute Gasteiger partial charge is 0.480 e. The quantitative estimate of drug-likeness (QED) is 0.765. The number of aromatic nitrogens is 2. The highest BCUT2D eigenvalue weighted by atomic mass is 32.2. The normalized spacial score (nSPS) is 13.0. The Morgan fingerprint density at radius 2 is 2.31 bits per heavy atom.